The Labute approximate surface area is 117 Å². The van der Waals surface area contributed by atoms with Crippen molar-refractivity contribution in [2.24, 2.45) is 0 Å². The minimum Gasteiger partial charge on any atom is -0.507 e. The summed E-state index contributed by atoms with van der Waals surface area (Å²) >= 11 is 0.247. The molecule has 0 unspecified atom stereocenters. The van der Waals surface area contributed by atoms with Crippen molar-refractivity contribution in [1.82, 2.24) is 0 Å². The number of hydrogen-bond donors (Lipinski definition) is 4. The Balaban J connectivity index is 2.94. The van der Waals surface area contributed by atoms with Crippen molar-refractivity contribution in [2.75, 3.05) is 0 Å². The van der Waals surface area contributed by atoms with Gasteiger partial charge in [-0.2, -0.15) is 8.42 Å². The van der Waals surface area contributed by atoms with Crippen molar-refractivity contribution in [3.8, 4) is 5.75 Å². The van der Waals surface area contributed by atoms with Crippen LogP contribution in [0.3, 0.4) is 0 Å². The Morgan fingerprint density at radius 2 is 1.80 bits per heavy atom. The van der Waals surface area contributed by atoms with Crippen LogP contribution >= 0.6 is 12.0 Å². The lowest BCUT2D eigenvalue weighted by molar-refractivity contribution is 0.0694. The van der Waals surface area contributed by atoms with Gasteiger partial charge in [0.15, 0.2) is 0 Å². The van der Waals surface area contributed by atoms with Crippen LogP contribution < -0.4 is 0 Å². The quantitative estimate of drug-likeness (QED) is 0.499. The largest absolute Gasteiger partial charge is 0.507 e. The lowest BCUT2D eigenvalue weighted by Crippen LogP contribution is -2.01. The number of rotatable bonds is 3. The number of aromatic hydroxyl groups is 1. The lowest BCUT2D eigenvalue weighted by atomic mass is 10.1. The molecular weight excluding hydrogens is 308 g/mol. The van der Waals surface area contributed by atoms with Gasteiger partial charge in [-0.3, -0.25) is 4.55 Å². The first-order chi connectivity index (χ1) is 9.24. The van der Waals surface area contributed by atoms with Crippen LogP contribution in [-0.4, -0.2) is 33.7 Å². The zero-order valence-corrected chi connectivity index (χ0v) is 11.3. The van der Waals surface area contributed by atoms with Crippen LogP contribution in [-0.2, 0) is 10.1 Å². The molecule has 9 heteroatoms. The summed E-state index contributed by atoms with van der Waals surface area (Å²) in [7, 11) is -4.59. The molecule has 106 valence electrons. The van der Waals surface area contributed by atoms with Gasteiger partial charge in [0.05, 0.1) is 0 Å². The number of fused-ring (bicyclic) bond motifs is 1. The topological polar surface area (TPSA) is 132 Å². The van der Waals surface area contributed by atoms with Crippen LogP contribution in [0.4, 0.5) is 0 Å². The Bertz CT molecular complexity index is 811. The lowest BCUT2D eigenvalue weighted by Gasteiger charge is -2.08. The summed E-state index contributed by atoms with van der Waals surface area (Å²) in [6.45, 7) is 0. The Hall–Kier alpha value is -1.81. The molecule has 2 aromatic carbocycles. The Morgan fingerprint density at radius 3 is 2.30 bits per heavy atom. The second kappa shape index (κ2) is 4.94. The third-order valence-corrected chi connectivity index (χ3v) is 3.96. The SMILES string of the molecule is O=C(O)c1cc2cc(SO)cc(S(=O)(=O)O)c2cc1O. The van der Waals surface area contributed by atoms with Crippen LogP contribution in [0.2, 0.25) is 0 Å². The first kappa shape index (κ1) is 14.6. The van der Waals surface area contributed by atoms with Gasteiger partial charge in [-0.05, 0) is 29.7 Å². The molecule has 0 radical (unpaired) electrons. The normalized spacial score (nSPS) is 11.7. The number of carboxylic acid groups (broad SMARTS) is 1. The van der Waals surface area contributed by atoms with Gasteiger partial charge < -0.3 is 14.8 Å². The zero-order valence-electron chi connectivity index (χ0n) is 9.64. The molecule has 0 atom stereocenters. The summed E-state index contributed by atoms with van der Waals surface area (Å²) in [6, 6.07) is 4.35. The van der Waals surface area contributed by atoms with Gasteiger partial charge in [-0.1, -0.05) is 0 Å². The molecule has 2 aromatic rings. The molecule has 0 fully saturated rings. The fourth-order valence-electron chi connectivity index (χ4n) is 1.78. The summed E-state index contributed by atoms with van der Waals surface area (Å²) in [5.74, 6) is -2.01. The standard InChI is InChI=1S/C11H8O7S2/c12-9-4-7-5(2-8(9)11(13)14)1-6(19-15)3-10(7)20(16,17)18/h1-4,12,15H,(H,13,14)(H,16,17,18). The summed E-state index contributed by atoms with van der Waals surface area (Å²) in [5.41, 5.74) is -0.418. The molecule has 0 spiro atoms. The highest BCUT2D eigenvalue weighted by Crippen LogP contribution is 2.33. The monoisotopic (exact) mass is 316 g/mol. The minimum atomic E-state index is -4.59. The van der Waals surface area contributed by atoms with Crippen LogP contribution in [0.5, 0.6) is 5.75 Å². The molecule has 0 bridgehead atoms. The van der Waals surface area contributed by atoms with E-state index in [1.165, 1.54) is 6.07 Å². The van der Waals surface area contributed by atoms with E-state index in [9.17, 15) is 18.3 Å². The average molecular weight is 316 g/mol. The third-order valence-electron chi connectivity index (χ3n) is 2.62. The Morgan fingerprint density at radius 1 is 1.15 bits per heavy atom. The molecule has 0 saturated carbocycles. The van der Waals surface area contributed by atoms with Crippen LogP contribution in [0.25, 0.3) is 10.8 Å². The predicted molar refractivity (Wildman–Crippen MR) is 70.9 cm³/mol. The molecule has 4 N–H and O–H groups in total. The number of hydrogen-bond acceptors (Lipinski definition) is 6. The smallest absolute Gasteiger partial charge is 0.339 e. The molecule has 0 heterocycles. The molecule has 0 amide bonds. The third kappa shape index (κ3) is 2.56. The average Bonchev–Trinajstić information content (AvgIpc) is 2.35. The molecule has 20 heavy (non-hydrogen) atoms. The van der Waals surface area contributed by atoms with Crippen molar-refractivity contribution in [2.45, 2.75) is 9.79 Å². The van der Waals surface area contributed by atoms with Crippen molar-refractivity contribution >= 4 is 38.9 Å². The summed E-state index contributed by atoms with van der Waals surface area (Å²) < 4.78 is 40.8. The first-order valence-electron chi connectivity index (χ1n) is 5.07. The van der Waals surface area contributed by atoms with Crippen LogP contribution in [0.15, 0.2) is 34.1 Å². The Kier molecular flexibility index (Phi) is 3.61. The number of phenols is 1. The molecule has 2 rings (SSSR count). The van der Waals surface area contributed by atoms with E-state index >= 15 is 0 Å². The maximum Gasteiger partial charge on any atom is 0.339 e. The van der Waals surface area contributed by atoms with E-state index in [0.29, 0.717) is 0 Å². The number of carboxylic acids is 1. The van der Waals surface area contributed by atoms with Gasteiger partial charge in [-0.15, -0.1) is 0 Å². The number of benzene rings is 2. The summed E-state index contributed by atoms with van der Waals surface area (Å²) in [4.78, 5) is 10.5. The van der Waals surface area contributed by atoms with Crippen molar-refractivity contribution in [1.29, 1.82) is 0 Å². The molecule has 0 aliphatic heterocycles. The molecule has 0 aliphatic carbocycles. The van der Waals surface area contributed by atoms with Crippen molar-refractivity contribution in [3.63, 3.8) is 0 Å². The van der Waals surface area contributed by atoms with E-state index in [2.05, 4.69) is 0 Å². The van der Waals surface area contributed by atoms with Gasteiger partial charge in [0, 0.05) is 22.3 Å². The van der Waals surface area contributed by atoms with Crippen molar-refractivity contribution in [3.05, 3.63) is 29.8 Å². The molecule has 0 aromatic heterocycles. The first-order valence-corrected chi connectivity index (χ1v) is 7.28. The molecule has 0 saturated heterocycles. The fourth-order valence-corrected chi connectivity index (χ4v) is 2.93. The zero-order chi connectivity index (χ0) is 15.1. The highest BCUT2D eigenvalue weighted by atomic mass is 32.2. The predicted octanol–water partition coefficient (Wildman–Crippen LogP) is 2.06. The second-order valence-electron chi connectivity index (χ2n) is 3.88. The highest BCUT2D eigenvalue weighted by molar-refractivity contribution is 7.93. The summed E-state index contributed by atoms with van der Waals surface area (Å²) in [5, 5.41) is 18.6. The molecule has 0 aliphatic rings. The van der Waals surface area contributed by atoms with E-state index < -0.39 is 32.3 Å². The van der Waals surface area contributed by atoms with E-state index in [0.717, 1.165) is 18.2 Å². The van der Waals surface area contributed by atoms with Gasteiger partial charge in [0.25, 0.3) is 10.1 Å². The maximum atomic E-state index is 11.3. The van der Waals surface area contributed by atoms with E-state index in [1.54, 1.807) is 0 Å². The van der Waals surface area contributed by atoms with E-state index in [4.69, 9.17) is 14.2 Å². The van der Waals surface area contributed by atoms with Gasteiger partial charge in [0.1, 0.15) is 16.2 Å². The summed E-state index contributed by atoms with van der Waals surface area (Å²) in [6.07, 6.45) is 0. The van der Waals surface area contributed by atoms with Crippen LogP contribution in [0, 0.1) is 0 Å². The van der Waals surface area contributed by atoms with E-state index in [-0.39, 0.29) is 27.7 Å². The molecular formula is C11H8O7S2. The van der Waals surface area contributed by atoms with Gasteiger partial charge in [-0.25, -0.2) is 4.79 Å². The number of aromatic carboxylic acids is 1. The maximum absolute atomic E-state index is 11.3. The minimum absolute atomic E-state index is 0.0483. The number of carbonyl (C=O) groups is 1. The van der Waals surface area contributed by atoms with E-state index in [1.807, 2.05) is 0 Å². The van der Waals surface area contributed by atoms with Crippen molar-refractivity contribution < 1.29 is 32.5 Å². The molecule has 7 nitrogen and oxygen atoms in total. The van der Waals surface area contributed by atoms with Gasteiger partial charge in [0.2, 0.25) is 0 Å². The van der Waals surface area contributed by atoms with Crippen LogP contribution in [0.1, 0.15) is 10.4 Å². The van der Waals surface area contributed by atoms with Gasteiger partial charge >= 0.3 is 5.97 Å². The fraction of sp³-hybridized carbons (Fsp3) is 0. The highest BCUT2D eigenvalue weighted by Gasteiger charge is 2.19. The second-order valence-corrected chi connectivity index (χ2v) is 5.93.